The summed E-state index contributed by atoms with van der Waals surface area (Å²) in [5, 5.41) is 0. The van der Waals surface area contributed by atoms with E-state index in [1.165, 1.54) is 12.8 Å². The van der Waals surface area contributed by atoms with Gasteiger partial charge in [0.2, 0.25) is 0 Å². The average Bonchev–Trinajstić information content (AvgIpc) is 2.04. The molecule has 0 nitrogen and oxygen atoms in total. The van der Waals surface area contributed by atoms with Crippen LogP contribution in [0.1, 0.15) is 33.6 Å². The molecule has 0 spiro atoms. The molecule has 0 fully saturated rings. The first-order chi connectivity index (χ1) is 4.72. The maximum absolute atomic E-state index is 2.38. The first-order valence-electron chi connectivity index (χ1n) is 4.37. The van der Waals surface area contributed by atoms with Crippen LogP contribution >= 0.6 is 0 Å². The lowest BCUT2D eigenvalue weighted by molar-refractivity contribution is 0.290. The fourth-order valence-corrected chi connectivity index (χ4v) is 1.61. The zero-order chi connectivity index (χ0) is 7.56. The first-order valence-corrected chi connectivity index (χ1v) is 4.37. The molecule has 0 saturated heterocycles. The minimum atomic E-state index is 0.883. The topological polar surface area (TPSA) is 0 Å². The summed E-state index contributed by atoms with van der Waals surface area (Å²) < 4.78 is 0. The number of rotatable bonds is 0. The molecule has 0 heteroatoms. The van der Waals surface area contributed by atoms with Crippen LogP contribution in [0.4, 0.5) is 0 Å². The molecule has 0 aromatic carbocycles. The number of hydrogen-bond acceptors (Lipinski definition) is 0. The standard InChI is InChI=1S/C10H18/c1-8-6-4-5-7-9(2)10(8)3/h4-5,8-10H,6-7H2,1-3H3. The molecule has 2 atom stereocenters. The second-order valence-corrected chi connectivity index (χ2v) is 3.76. The first kappa shape index (κ1) is 7.84. The monoisotopic (exact) mass is 138 g/mol. The highest BCUT2D eigenvalue weighted by Crippen LogP contribution is 2.28. The van der Waals surface area contributed by atoms with Crippen molar-refractivity contribution in [3.05, 3.63) is 12.2 Å². The summed E-state index contributed by atoms with van der Waals surface area (Å²) in [5.74, 6) is 2.66. The van der Waals surface area contributed by atoms with Crippen LogP contribution in [-0.2, 0) is 0 Å². The quantitative estimate of drug-likeness (QED) is 0.451. The maximum Gasteiger partial charge on any atom is -0.0322 e. The number of allylic oxidation sites excluding steroid dienone is 2. The zero-order valence-corrected chi connectivity index (χ0v) is 7.30. The van der Waals surface area contributed by atoms with E-state index in [0.717, 1.165) is 17.8 Å². The lowest BCUT2D eigenvalue weighted by Crippen LogP contribution is -2.13. The van der Waals surface area contributed by atoms with E-state index in [0.29, 0.717) is 0 Å². The van der Waals surface area contributed by atoms with Crippen LogP contribution in [0.15, 0.2) is 12.2 Å². The van der Waals surface area contributed by atoms with E-state index in [1.54, 1.807) is 0 Å². The molecular weight excluding hydrogens is 120 g/mol. The molecule has 0 aromatic rings. The van der Waals surface area contributed by atoms with Crippen molar-refractivity contribution in [1.29, 1.82) is 0 Å². The van der Waals surface area contributed by atoms with Crippen LogP contribution in [0, 0.1) is 17.8 Å². The highest BCUT2D eigenvalue weighted by Gasteiger charge is 2.18. The Hall–Kier alpha value is -0.260. The van der Waals surface area contributed by atoms with E-state index >= 15 is 0 Å². The summed E-state index contributed by atoms with van der Waals surface area (Å²) in [5.41, 5.74) is 0. The van der Waals surface area contributed by atoms with Gasteiger partial charge in [0.15, 0.2) is 0 Å². The summed E-state index contributed by atoms with van der Waals surface area (Å²) in [6.07, 6.45) is 7.24. The van der Waals surface area contributed by atoms with Crippen molar-refractivity contribution in [3.8, 4) is 0 Å². The Balaban J connectivity index is 2.56. The molecule has 1 aliphatic rings. The molecule has 2 unspecified atom stereocenters. The lowest BCUT2D eigenvalue weighted by atomic mass is 9.84. The molecule has 0 heterocycles. The molecule has 0 amide bonds. The van der Waals surface area contributed by atoms with Gasteiger partial charge in [-0.15, -0.1) is 0 Å². The Labute approximate surface area is 64.3 Å². The Bertz CT molecular complexity index is 110. The minimum absolute atomic E-state index is 0.883. The Morgan fingerprint density at radius 2 is 1.30 bits per heavy atom. The minimum Gasteiger partial charge on any atom is -0.0883 e. The van der Waals surface area contributed by atoms with Crippen molar-refractivity contribution < 1.29 is 0 Å². The molecule has 0 aliphatic heterocycles. The van der Waals surface area contributed by atoms with Crippen molar-refractivity contribution in [2.75, 3.05) is 0 Å². The normalized spacial score (nSPS) is 41.3. The third-order valence-corrected chi connectivity index (χ3v) is 2.98. The zero-order valence-electron chi connectivity index (χ0n) is 7.30. The molecule has 0 saturated carbocycles. The van der Waals surface area contributed by atoms with Crippen LogP contribution in [0.25, 0.3) is 0 Å². The highest BCUT2D eigenvalue weighted by atomic mass is 14.2. The predicted octanol–water partition coefficient (Wildman–Crippen LogP) is 3.24. The third kappa shape index (κ3) is 1.62. The van der Waals surface area contributed by atoms with Gasteiger partial charge in [0.25, 0.3) is 0 Å². The van der Waals surface area contributed by atoms with Crippen molar-refractivity contribution >= 4 is 0 Å². The number of hydrogen-bond donors (Lipinski definition) is 0. The van der Waals surface area contributed by atoms with E-state index in [2.05, 4.69) is 32.9 Å². The van der Waals surface area contributed by atoms with Gasteiger partial charge in [-0.1, -0.05) is 32.9 Å². The average molecular weight is 138 g/mol. The molecule has 58 valence electrons. The molecule has 1 aliphatic carbocycles. The molecular formula is C10H18. The Morgan fingerprint density at radius 3 is 1.70 bits per heavy atom. The van der Waals surface area contributed by atoms with Gasteiger partial charge in [0.05, 0.1) is 0 Å². The molecule has 0 aromatic heterocycles. The van der Waals surface area contributed by atoms with E-state index in [4.69, 9.17) is 0 Å². The van der Waals surface area contributed by atoms with Gasteiger partial charge in [-0.05, 0) is 30.6 Å². The summed E-state index contributed by atoms with van der Waals surface area (Å²) in [4.78, 5) is 0. The van der Waals surface area contributed by atoms with Crippen LogP contribution in [0.3, 0.4) is 0 Å². The van der Waals surface area contributed by atoms with E-state index in [9.17, 15) is 0 Å². The van der Waals surface area contributed by atoms with Gasteiger partial charge >= 0.3 is 0 Å². The molecule has 0 radical (unpaired) electrons. The lowest BCUT2D eigenvalue weighted by Gasteiger charge is -2.21. The fraction of sp³-hybridized carbons (Fsp3) is 0.800. The smallest absolute Gasteiger partial charge is 0.0322 e. The second-order valence-electron chi connectivity index (χ2n) is 3.76. The SMILES string of the molecule is CC1CC=CCC(C)C1C. The largest absolute Gasteiger partial charge is 0.0883 e. The predicted molar refractivity (Wildman–Crippen MR) is 45.9 cm³/mol. The van der Waals surface area contributed by atoms with Crippen molar-refractivity contribution in [3.63, 3.8) is 0 Å². The fourth-order valence-electron chi connectivity index (χ4n) is 1.61. The van der Waals surface area contributed by atoms with Crippen LogP contribution in [-0.4, -0.2) is 0 Å². The molecule has 0 bridgehead atoms. The van der Waals surface area contributed by atoms with Gasteiger partial charge in [-0.25, -0.2) is 0 Å². The van der Waals surface area contributed by atoms with Gasteiger partial charge < -0.3 is 0 Å². The van der Waals surface area contributed by atoms with Gasteiger partial charge in [-0.3, -0.25) is 0 Å². The van der Waals surface area contributed by atoms with E-state index < -0.39 is 0 Å². The second kappa shape index (κ2) is 3.23. The summed E-state index contributed by atoms with van der Waals surface area (Å²) in [6, 6.07) is 0. The Morgan fingerprint density at radius 1 is 0.900 bits per heavy atom. The maximum atomic E-state index is 2.38. The van der Waals surface area contributed by atoms with Crippen LogP contribution in [0.5, 0.6) is 0 Å². The van der Waals surface area contributed by atoms with Crippen LogP contribution < -0.4 is 0 Å². The molecule has 0 N–H and O–H groups in total. The Kier molecular flexibility index (Phi) is 2.53. The summed E-state index contributed by atoms with van der Waals surface area (Å²) in [7, 11) is 0. The highest BCUT2D eigenvalue weighted by molar-refractivity contribution is 4.91. The van der Waals surface area contributed by atoms with E-state index in [-0.39, 0.29) is 0 Å². The molecule has 10 heavy (non-hydrogen) atoms. The van der Waals surface area contributed by atoms with Gasteiger partial charge in [-0.2, -0.15) is 0 Å². The van der Waals surface area contributed by atoms with Crippen molar-refractivity contribution in [2.45, 2.75) is 33.6 Å². The van der Waals surface area contributed by atoms with E-state index in [1.807, 2.05) is 0 Å². The van der Waals surface area contributed by atoms with Crippen molar-refractivity contribution in [1.82, 2.24) is 0 Å². The third-order valence-electron chi connectivity index (χ3n) is 2.98. The van der Waals surface area contributed by atoms with Gasteiger partial charge in [0.1, 0.15) is 0 Å². The summed E-state index contributed by atoms with van der Waals surface area (Å²) in [6.45, 7) is 7.09. The van der Waals surface area contributed by atoms with Crippen molar-refractivity contribution in [2.24, 2.45) is 17.8 Å². The van der Waals surface area contributed by atoms with Crippen LogP contribution in [0.2, 0.25) is 0 Å². The van der Waals surface area contributed by atoms with Gasteiger partial charge in [0, 0.05) is 0 Å². The summed E-state index contributed by atoms with van der Waals surface area (Å²) >= 11 is 0. The molecule has 1 rings (SSSR count).